The van der Waals surface area contributed by atoms with Crippen LogP contribution < -0.4 is 11.2 Å². The summed E-state index contributed by atoms with van der Waals surface area (Å²) < 4.78 is 0. The lowest BCUT2D eigenvalue weighted by Gasteiger charge is -2.18. The van der Waals surface area contributed by atoms with E-state index in [0.29, 0.717) is 0 Å². The third-order valence-electron chi connectivity index (χ3n) is 1.62. The number of hydrogen-bond donors (Lipinski definition) is 2. The van der Waals surface area contributed by atoms with Gasteiger partial charge in [-0.15, -0.1) is 0 Å². The first-order valence-electron chi connectivity index (χ1n) is 3.60. The Kier molecular flexibility index (Phi) is 2.45. The zero-order valence-corrected chi connectivity index (χ0v) is 5.93. The average Bonchev–Trinajstić information content (AvgIpc) is 2.18. The van der Waals surface area contributed by atoms with Gasteiger partial charge in [-0.3, -0.25) is 5.43 Å². The Hall–Kier alpha value is -0.120. The maximum Gasteiger partial charge on any atom is 0.0720 e. The van der Waals surface area contributed by atoms with E-state index in [4.69, 9.17) is 5.73 Å². The summed E-state index contributed by atoms with van der Waals surface area (Å²) in [5.74, 6) is 0. The van der Waals surface area contributed by atoms with Gasteiger partial charge in [-0.1, -0.05) is 6.92 Å². The van der Waals surface area contributed by atoms with Crippen LogP contribution in [-0.2, 0) is 0 Å². The molecule has 54 valence electrons. The first-order chi connectivity index (χ1) is 4.34. The number of nitrogens with one attached hydrogen (secondary N) is 1. The van der Waals surface area contributed by atoms with Gasteiger partial charge in [0.25, 0.3) is 0 Å². The number of hydrazine groups is 1. The van der Waals surface area contributed by atoms with Crippen molar-refractivity contribution in [2.24, 2.45) is 5.73 Å². The highest BCUT2D eigenvalue weighted by atomic mass is 15.6. The second-order valence-corrected chi connectivity index (χ2v) is 2.46. The van der Waals surface area contributed by atoms with Gasteiger partial charge in [-0.2, -0.15) is 0 Å². The minimum atomic E-state index is 0.255. The summed E-state index contributed by atoms with van der Waals surface area (Å²) >= 11 is 0. The third-order valence-corrected chi connectivity index (χ3v) is 1.62. The van der Waals surface area contributed by atoms with E-state index in [0.717, 1.165) is 19.5 Å². The second kappa shape index (κ2) is 3.15. The maximum absolute atomic E-state index is 5.73. The molecule has 0 aromatic rings. The van der Waals surface area contributed by atoms with Crippen molar-refractivity contribution in [2.75, 3.05) is 13.1 Å². The van der Waals surface area contributed by atoms with E-state index in [9.17, 15) is 0 Å². The third kappa shape index (κ3) is 1.64. The zero-order valence-electron chi connectivity index (χ0n) is 5.93. The van der Waals surface area contributed by atoms with E-state index in [-0.39, 0.29) is 6.17 Å². The summed E-state index contributed by atoms with van der Waals surface area (Å²) in [6.45, 7) is 4.27. The molecular formula is C6H15N3. The smallest absolute Gasteiger partial charge is 0.0720 e. The molecule has 0 aromatic carbocycles. The van der Waals surface area contributed by atoms with E-state index < -0.39 is 0 Å². The molecule has 1 atom stereocenters. The van der Waals surface area contributed by atoms with Crippen molar-refractivity contribution < 1.29 is 0 Å². The molecule has 0 radical (unpaired) electrons. The normalized spacial score (nSPS) is 29.3. The molecule has 0 spiro atoms. The minimum Gasteiger partial charge on any atom is -0.315 e. The molecule has 3 nitrogen and oxygen atoms in total. The molecule has 1 rings (SSSR count). The van der Waals surface area contributed by atoms with Crippen LogP contribution in [0.2, 0.25) is 0 Å². The molecule has 1 unspecified atom stereocenters. The van der Waals surface area contributed by atoms with E-state index in [1.807, 2.05) is 0 Å². The fourth-order valence-corrected chi connectivity index (χ4v) is 1.11. The van der Waals surface area contributed by atoms with Crippen molar-refractivity contribution in [3.05, 3.63) is 0 Å². The van der Waals surface area contributed by atoms with Gasteiger partial charge in [0.1, 0.15) is 0 Å². The molecule has 0 amide bonds. The van der Waals surface area contributed by atoms with Crippen molar-refractivity contribution in [3.8, 4) is 0 Å². The van der Waals surface area contributed by atoms with Crippen LogP contribution in [0.5, 0.6) is 0 Å². The molecule has 3 N–H and O–H groups in total. The van der Waals surface area contributed by atoms with E-state index in [1.54, 1.807) is 0 Å². The van der Waals surface area contributed by atoms with Crippen molar-refractivity contribution >= 4 is 0 Å². The van der Waals surface area contributed by atoms with E-state index >= 15 is 0 Å². The molecule has 1 fully saturated rings. The predicted octanol–water partition coefficient (Wildman–Crippen LogP) is -0.108. The molecule has 1 aliphatic rings. The summed E-state index contributed by atoms with van der Waals surface area (Å²) in [5.41, 5.74) is 8.94. The Labute approximate surface area is 56.2 Å². The van der Waals surface area contributed by atoms with Crippen LogP contribution in [0.25, 0.3) is 0 Å². The predicted molar refractivity (Wildman–Crippen MR) is 37.6 cm³/mol. The van der Waals surface area contributed by atoms with Crippen molar-refractivity contribution in [2.45, 2.75) is 25.9 Å². The highest BCUT2D eigenvalue weighted by molar-refractivity contribution is 4.69. The molecule has 0 aromatic heterocycles. The minimum absolute atomic E-state index is 0.255. The first kappa shape index (κ1) is 6.99. The van der Waals surface area contributed by atoms with Gasteiger partial charge in [-0.05, 0) is 12.8 Å². The van der Waals surface area contributed by atoms with Crippen molar-refractivity contribution in [3.63, 3.8) is 0 Å². The van der Waals surface area contributed by atoms with Gasteiger partial charge >= 0.3 is 0 Å². The Bertz CT molecular complexity index is 84.4. The quantitative estimate of drug-likeness (QED) is 0.546. The summed E-state index contributed by atoms with van der Waals surface area (Å²) in [6, 6.07) is 0. The number of hydrogen-bond acceptors (Lipinski definition) is 3. The van der Waals surface area contributed by atoms with Crippen LogP contribution in [0.4, 0.5) is 0 Å². The Balaban J connectivity index is 2.22. The summed E-state index contributed by atoms with van der Waals surface area (Å²) in [6.07, 6.45) is 2.51. The molecule has 1 heterocycles. The molecule has 0 saturated carbocycles. The molecule has 1 saturated heterocycles. The topological polar surface area (TPSA) is 41.3 Å². The van der Waals surface area contributed by atoms with E-state index in [1.165, 1.54) is 6.42 Å². The van der Waals surface area contributed by atoms with Crippen molar-refractivity contribution in [1.82, 2.24) is 10.4 Å². The number of rotatable bonds is 2. The zero-order chi connectivity index (χ0) is 6.69. The molecule has 9 heavy (non-hydrogen) atoms. The Morgan fingerprint density at radius 1 is 1.78 bits per heavy atom. The van der Waals surface area contributed by atoms with Crippen LogP contribution in [0.15, 0.2) is 0 Å². The number of nitrogens with zero attached hydrogens (tertiary/aromatic N) is 1. The fourth-order valence-electron chi connectivity index (χ4n) is 1.11. The van der Waals surface area contributed by atoms with Gasteiger partial charge in [0.15, 0.2) is 0 Å². The lowest BCUT2D eigenvalue weighted by molar-refractivity contribution is 0.191. The van der Waals surface area contributed by atoms with Gasteiger partial charge in [0.05, 0.1) is 6.17 Å². The standard InChI is InChI=1S/C6H15N3/c1-2-5-9-6(7)3-4-8-9/h6,8H,2-5,7H2,1H3. The van der Waals surface area contributed by atoms with Gasteiger partial charge in [0.2, 0.25) is 0 Å². The SMILES string of the molecule is CCCN1NCCC1N. The monoisotopic (exact) mass is 129 g/mol. The fraction of sp³-hybridized carbons (Fsp3) is 1.00. The molecule has 0 aliphatic carbocycles. The van der Waals surface area contributed by atoms with Crippen LogP contribution in [0.3, 0.4) is 0 Å². The second-order valence-electron chi connectivity index (χ2n) is 2.46. The average molecular weight is 129 g/mol. The largest absolute Gasteiger partial charge is 0.315 e. The molecular weight excluding hydrogens is 114 g/mol. The van der Waals surface area contributed by atoms with Crippen LogP contribution in [0, 0.1) is 0 Å². The summed E-state index contributed by atoms with van der Waals surface area (Å²) in [5, 5.41) is 2.11. The first-order valence-corrected chi connectivity index (χ1v) is 3.60. The maximum atomic E-state index is 5.73. The number of nitrogens with two attached hydrogens (primary N) is 1. The lowest BCUT2D eigenvalue weighted by atomic mass is 10.3. The highest BCUT2D eigenvalue weighted by Crippen LogP contribution is 2.01. The van der Waals surface area contributed by atoms with Gasteiger partial charge < -0.3 is 5.73 Å². The van der Waals surface area contributed by atoms with Gasteiger partial charge in [-0.25, -0.2) is 5.01 Å². The van der Waals surface area contributed by atoms with Gasteiger partial charge in [0, 0.05) is 13.1 Å². The molecule has 3 heteroatoms. The highest BCUT2D eigenvalue weighted by Gasteiger charge is 2.18. The summed E-state index contributed by atoms with van der Waals surface area (Å²) in [7, 11) is 0. The van der Waals surface area contributed by atoms with Crippen LogP contribution >= 0.6 is 0 Å². The van der Waals surface area contributed by atoms with Crippen LogP contribution in [-0.4, -0.2) is 24.3 Å². The van der Waals surface area contributed by atoms with Crippen molar-refractivity contribution in [1.29, 1.82) is 0 Å². The van der Waals surface area contributed by atoms with E-state index in [2.05, 4.69) is 17.4 Å². The van der Waals surface area contributed by atoms with Crippen LogP contribution in [0.1, 0.15) is 19.8 Å². The molecule has 0 bridgehead atoms. The Morgan fingerprint density at radius 2 is 2.56 bits per heavy atom. The summed E-state index contributed by atoms with van der Waals surface area (Å²) in [4.78, 5) is 0. The Morgan fingerprint density at radius 3 is 3.00 bits per heavy atom. The molecule has 1 aliphatic heterocycles. The lowest BCUT2D eigenvalue weighted by Crippen LogP contribution is -2.42.